The third-order valence-corrected chi connectivity index (χ3v) is 9.95. The Labute approximate surface area is 322 Å². The van der Waals surface area contributed by atoms with Crippen LogP contribution in [0.25, 0.3) is 0 Å². The summed E-state index contributed by atoms with van der Waals surface area (Å²) in [6.07, 6.45) is 44.9. The van der Waals surface area contributed by atoms with Crippen molar-refractivity contribution in [2.75, 3.05) is 6.61 Å². The Morgan fingerprint density at radius 1 is 0.577 bits per heavy atom. The molecule has 0 aliphatic rings. The van der Waals surface area contributed by atoms with Gasteiger partial charge in [-0.3, -0.25) is 9.59 Å². The quantitative estimate of drug-likeness (QED) is 0.0332. The number of unbranched alkanes of at least 4 members (excludes halogenated alkanes) is 21. The number of carbonyl (C=O) groups is 2. The molecule has 0 saturated heterocycles. The van der Waals surface area contributed by atoms with Crippen LogP contribution in [-0.2, 0) is 14.3 Å². The third-order valence-electron chi connectivity index (χ3n) is 9.95. The average Bonchev–Trinajstić information content (AvgIpc) is 3.13. The number of allylic oxidation sites excluding steroid dienone is 6. The number of aliphatic hydroxyl groups excluding tert-OH is 2. The SMILES string of the molecule is CC/C=C/C/C=C/CCCCCCCCCC(=O)OC(CCCCC/C=C\CCCC)CC(=O)NC(CO)C(O)CCCCCCCCCCCC. The van der Waals surface area contributed by atoms with Gasteiger partial charge < -0.3 is 20.3 Å². The fraction of sp³-hybridized carbons (Fsp3) is 0.826. The van der Waals surface area contributed by atoms with Crippen LogP contribution in [-0.4, -0.2) is 46.9 Å². The Morgan fingerprint density at radius 3 is 1.65 bits per heavy atom. The van der Waals surface area contributed by atoms with Crippen LogP contribution in [0.2, 0.25) is 0 Å². The molecule has 3 N–H and O–H groups in total. The number of hydrogen-bond donors (Lipinski definition) is 3. The Balaban J connectivity index is 4.55. The van der Waals surface area contributed by atoms with E-state index < -0.39 is 18.2 Å². The van der Waals surface area contributed by atoms with Gasteiger partial charge in [-0.25, -0.2) is 0 Å². The highest BCUT2D eigenvalue weighted by atomic mass is 16.5. The topological polar surface area (TPSA) is 95.9 Å². The fourth-order valence-electron chi connectivity index (χ4n) is 6.57. The number of esters is 1. The number of rotatable bonds is 39. The van der Waals surface area contributed by atoms with Crippen LogP contribution in [0.3, 0.4) is 0 Å². The maximum absolute atomic E-state index is 13.1. The summed E-state index contributed by atoms with van der Waals surface area (Å²) in [5, 5.41) is 23.5. The normalized spacial score (nSPS) is 13.7. The van der Waals surface area contributed by atoms with E-state index in [-0.39, 0.29) is 24.9 Å². The maximum atomic E-state index is 13.1. The number of ether oxygens (including phenoxy) is 1. The molecule has 3 unspecified atom stereocenters. The van der Waals surface area contributed by atoms with Gasteiger partial charge in [0.2, 0.25) is 5.91 Å². The molecule has 6 nitrogen and oxygen atoms in total. The van der Waals surface area contributed by atoms with Gasteiger partial charge in [0.05, 0.1) is 25.2 Å². The number of hydrogen-bond acceptors (Lipinski definition) is 5. The van der Waals surface area contributed by atoms with E-state index in [0.29, 0.717) is 19.3 Å². The predicted molar refractivity (Wildman–Crippen MR) is 222 cm³/mol. The summed E-state index contributed by atoms with van der Waals surface area (Å²) >= 11 is 0. The number of carbonyl (C=O) groups excluding carboxylic acids is 2. The summed E-state index contributed by atoms with van der Waals surface area (Å²) in [5.41, 5.74) is 0. The summed E-state index contributed by atoms with van der Waals surface area (Å²) in [7, 11) is 0. The first kappa shape index (κ1) is 50.1. The lowest BCUT2D eigenvalue weighted by molar-refractivity contribution is -0.151. The number of aliphatic hydroxyl groups is 2. The van der Waals surface area contributed by atoms with Crippen LogP contribution in [0.4, 0.5) is 0 Å². The van der Waals surface area contributed by atoms with Gasteiger partial charge in [-0.2, -0.15) is 0 Å². The zero-order valence-electron chi connectivity index (χ0n) is 34.4. The van der Waals surface area contributed by atoms with Crippen molar-refractivity contribution >= 4 is 11.9 Å². The van der Waals surface area contributed by atoms with Crippen LogP contribution in [0.1, 0.15) is 220 Å². The Morgan fingerprint density at radius 2 is 1.06 bits per heavy atom. The van der Waals surface area contributed by atoms with Gasteiger partial charge >= 0.3 is 5.97 Å². The molecule has 0 aromatic rings. The summed E-state index contributed by atoms with van der Waals surface area (Å²) in [4.78, 5) is 25.9. The van der Waals surface area contributed by atoms with Crippen LogP contribution in [0.15, 0.2) is 36.5 Å². The monoisotopic (exact) mass is 732 g/mol. The first-order valence-electron chi connectivity index (χ1n) is 22.2. The molecule has 0 aromatic heterocycles. The summed E-state index contributed by atoms with van der Waals surface area (Å²) < 4.78 is 5.87. The van der Waals surface area contributed by atoms with Gasteiger partial charge in [0.15, 0.2) is 0 Å². The van der Waals surface area contributed by atoms with E-state index in [1.807, 2.05) is 0 Å². The van der Waals surface area contributed by atoms with Gasteiger partial charge in [-0.05, 0) is 70.6 Å². The van der Waals surface area contributed by atoms with Crippen molar-refractivity contribution in [1.29, 1.82) is 0 Å². The zero-order valence-corrected chi connectivity index (χ0v) is 34.4. The van der Waals surface area contributed by atoms with Crippen LogP contribution < -0.4 is 5.32 Å². The van der Waals surface area contributed by atoms with E-state index in [1.54, 1.807) is 0 Å². The molecule has 6 heteroatoms. The van der Waals surface area contributed by atoms with Crippen molar-refractivity contribution in [3.8, 4) is 0 Å². The standard InChI is InChI=1S/C46H85NO5/c1-4-7-10-13-16-19-21-22-23-24-27-30-33-36-39-46(51)52-42(37-34-31-28-25-18-15-12-9-6-3)40-45(50)47-43(41-48)44(49)38-35-32-29-26-20-17-14-11-8-5-2/h7,10,15-16,18-19,42-44,48-49H,4-6,8-9,11-14,17,20-41H2,1-3H3,(H,47,50)/b10-7+,18-15-,19-16+. The molecule has 0 bridgehead atoms. The van der Waals surface area contributed by atoms with Crippen molar-refractivity contribution in [1.82, 2.24) is 5.32 Å². The lowest BCUT2D eigenvalue weighted by Crippen LogP contribution is -2.46. The van der Waals surface area contributed by atoms with Crippen molar-refractivity contribution in [3.05, 3.63) is 36.5 Å². The third kappa shape index (κ3) is 35.1. The summed E-state index contributed by atoms with van der Waals surface area (Å²) in [6.45, 7) is 6.30. The Bertz CT molecular complexity index is 869. The summed E-state index contributed by atoms with van der Waals surface area (Å²) in [6, 6.07) is -0.702. The molecule has 0 saturated carbocycles. The van der Waals surface area contributed by atoms with Crippen molar-refractivity contribution in [2.45, 2.75) is 238 Å². The molecular weight excluding hydrogens is 647 g/mol. The minimum absolute atomic E-state index is 0.0643. The lowest BCUT2D eigenvalue weighted by Gasteiger charge is -2.24. The van der Waals surface area contributed by atoms with Gasteiger partial charge in [0, 0.05) is 6.42 Å². The van der Waals surface area contributed by atoms with E-state index in [1.165, 1.54) is 83.5 Å². The Hall–Kier alpha value is -1.92. The van der Waals surface area contributed by atoms with E-state index in [2.05, 4.69) is 62.5 Å². The van der Waals surface area contributed by atoms with E-state index >= 15 is 0 Å². The molecule has 0 rings (SSSR count). The molecule has 1 amide bonds. The van der Waals surface area contributed by atoms with Crippen LogP contribution in [0.5, 0.6) is 0 Å². The van der Waals surface area contributed by atoms with E-state index in [4.69, 9.17) is 4.74 Å². The average molecular weight is 732 g/mol. The molecule has 3 atom stereocenters. The first-order chi connectivity index (χ1) is 25.5. The lowest BCUT2D eigenvalue weighted by atomic mass is 10.0. The predicted octanol–water partition coefficient (Wildman–Crippen LogP) is 12.6. The highest BCUT2D eigenvalue weighted by Gasteiger charge is 2.24. The first-order valence-corrected chi connectivity index (χ1v) is 22.2. The Kier molecular flexibility index (Phi) is 38.8. The molecule has 0 aliphatic heterocycles. The highest BCUT2D eigenvalue weighted by Crippen LogP contribution is 2.17. The molecule has 0 spiro atoms. The van der Waals surface area contributed by atoms with Crippen LogP contribution >= 0.6 is 0 Å². The minimum atomic E-state index is -0.788. The molecule has 0 fully saturated rings. The number of nitrogens with one attached hydrogen (secondary N) is 1. The molecule has 0 heterocycles. The second-order valence-corrected chi connectivity index (χ2v) is 15.1. The van der Waals surface area contributed by atoms with Crippen molar-refractivity contribution in [2.24, 2.45) is 0 Å². The fourth-order valence-corrected chi connectivity index (χ4v) is 6.57. The molecular formula is C46H85NO5. The van der Waals surface area contributed by atoms with Gasteiger partial charge in [-0.15, -0.1) is 0 Å². The molecule has 0 aliphatic carbocycles. The number of amides is 1. The van der Waals surface area contributed by atoms with Gasteiger partial charge in [-0.1, -0.05) is 173 Å². The molecule has 0 aromatic carbocycles. The molecule has 0 radical (unpaired) electrons. The van der Waals surface area contributed by atoms with Crippen LogP contribution in [0, 0.1) is 0 Å². The van der Waals surface area contributed by atoms with Crippen molar-refractivity contribution < 1.29 is 24.5 Å². The zero-order chi connectivity index (χ0) is 38.2. The highest BCUT2D eigenvalue weighted by molar-refractivity contribution is 5.77. The van der Waals surface area contributed by atoms with E-state index in [0.717, 1.165) is 89.9 Å². The maximum Gasteiger partial charge on any atom is 0.306 e. The minimum Gasteiger partial charge on any atom is -0.462 e. The molecule has 304 valence electrons. The molecule has 52 heavy (non-hydrogen) atoms. The largest absolute Gasteiger partial charge is 0.462 e. The van der Waals surface area contributed by atoms with Gasteiger partial charge in [0.1, 0.15) is 6.10 Å². The second-order valence-electron chi connectivity index (χ2n) is 15.1. The van der Waals surface area contributed by atoms with Gasteiger partial charge in [0.25, 0.3) is 0 Å². The van der Waals surface area contributed by atoms with E-state index in [9.17, 15) is 19.8 Å². The smallest absolute Gasteiger partial charge is 0.306 e. The summed E-state index contributed by atoms with van der Waals surface area (Å²) in [5.74, 6) is -0.501. The van der Waals surface area contributed by atoms with Crippen molar-refractivity contribution in [3.63, 3.8) is 0 Å². The second kappa shape index (κ2) is 40.3.